The lowest BCUT2D eigenvalue weighted by atomic mass is 9.99. The van der Waals surface area contributed by atoms with Crippen molar-refractivity contribution in [2.75, 3.05) is 5.32 Å². The summed E-state index contributed by atoms with van der Waals surface area (Å²) in [6, 6.07) is 23.6. The molecule has 1 nitrogen and oxygen atoms in total. The van der Waals surface area contributed by atoms with Gasteiger partial charge in [-0.25, -0.2) is 0 Å². The predicted molar refractivity (Wildman–Crippen MR) is 99.3 cm³/mol. The van der Waals surface area contributed by atoms with Gasteiger partial charge < -0.3 is 5.32 Å². The van der Waals surface area contributed by atoms with Gasteiger partial charge in [-0.2, -0.15) is 0 Å². The molecule has 0 radical (unpaired) electrons. The van der Waals surface area contributed by atoms with Gasteiger partial charge in [0.25, 0.3) is 0 Å². The van der Waals surface area contributed by atoms with Crippen LogP contribution in [0.15, 0.2) is 83.9 Å². The van der Waals surface area contributed by atoms with Crippen molar-refractivity contribution in [1.82, 2.24) is 0 Å². The van der Waals surface area contributed by atoms with Crippen molar-refractivity contribution in [3.8, 4) is 0 Å². The van der Waals surface area contributed by atoms with Crippen LogP contribution in [0.4, 0.5) is 5.69 Å². The second-order valence-electron chi connectivity index (χ2n) is 5.33. The molecule has 0 fully saturated rings. The van der Waals surface area contributed by atoms with Gasteiger partial charge in [-0.3, -0.25) is 0 Å². The molecule has 0 aromatic heterocycles. The molecule has 1 N–H and O–H groups in total. The van der Waals surface area contributed by atoms with Crippen LogP contribution in [0.1, 0.15) is 18.0 Å². The molecule has 0 saturated heterocycles. The number of hydrogen-bond donors (Lipinski definition) is 1. The zero-order valence-electron chi connectivity index (χ0n) is 12.3. The molecule has 22 heavy (non-hydrogen) atoms. The first-order valence-corrected chi connectivity index (χ1v) is 8.17. The van der Waals surface area contributed by atoms with Crippen LogP contribution in [0.5, 0.6) is 0 Å². The van der Waals surface area contributed by atoms with E-state index >= 15 is 0 Å². The summed E-state index contributed by atoms with van der Waals surface area (Å²) in [6.07, 6.45) is 2.85. The highest BCUT2D eigenvalue weighted by Crippen LogP contribution is 2.27. The van der Waals surface area contributed by atoms with E-state index in [9.17, 15) is 0 Å². The molecule has 0 aliphatic carbocycles. The zero-order valence-corrected chi connectivity index (χ0v) is 13.9. The number of hydrogen-bond acceptors (Lipinski definition) is 1. The number of fused-ring (bicyclic) bond motifs is 1. The predicted octanol–water partition coefficient (Wildman–Crippen LogP) is 6.33. The Balaban J connectivity index is 1.91. The summed E-state index contributed by atoms with van der Waals surface area (Å²) in [7, 11) is 0. The molecule has 1 atom stereocenters. The van der Waals surface area contributed by atoms with Gasteiger partial charge in [0.15, 0.2) is 0 Å². The number of benzene rings is 3. The van der Waals surface area contributed by atoms with E-state index < -0.39 is 0 Å². The third-order valence-corrected chi connectivity index (χ3v) is 4.29. The second-order valence-corrected chi connectivity index (χ2v) is 6.25. The lowest BCUT2D eigenvalue weighted by molar-refractivity contribution is 0.800. The summed E-state index contributed by atoms with van der Waals surface area (Å²) in [4.78, 5) is 0. The molecule has 3 rings (SSSR count). The van der Waals surface area contributed by atoms with Crippen LogP contribution in [0.3, 0.4) is 0 Å². The highest BCUT2D eigenvalue weighted by Gasteiger charge is 2.10. The smallest absolute Gasteiger partial charge is 0.0548 e. The van der Waals surface area contributed by atoms with Gasteiger partial charge in [0, 0.05) is 10.2 Å². The summed E-state index contributed by atoms with van der Waals surface area (Å²) in [5.74, 6) is 0. The van der Waals surface area contributed by atoms with Crippen molar-refractivity contribution in [2.24, 2.45) is 0 Å². The first kappa shape index (κ1) is 14.9. The van der Waals surface area contributed by atoms with Crippen molar-refractivity contribution in [2.45, 2.75) is 12.5 Å². The first-order valence-electron chi connectivity index (χ1n) is 7.38. The number of rotatable bonds is 5. The van der Waals surface area contributed by atoms with Crippen molar-refractivity contribution in [1.29, 1.82) is 0 Å². The van der Waals surface area contributed by atoms with E-state index in [1.54, 1.807) is 0 Å². The normalized spacial score (nSPS) is 12.0. The Kier molecular flexibility index (Phi) is 4.59. The fourth-order valence-electron chi connectivity index (χ4n) is 2.62. The molecule has 0 bridgehead atoms. The van der Waals surface area contributed by atoms with Crippen molar-refractivity contribution >= 4 is 32.4 Å². The maximum atomic E-state index is 3.90. The Morgan fingerprint density at radius 3 is 2.41 bits per heavy atom. The van der Waals surface area contributed by atoms with Crippen molar-refractivity contribution < 1.29 is 0 Å². The van der Waals surface area contributed by atoms with Gasteiger partial charge in [0.1, 0.15) is 0 Å². The van der Waals surface area contributed by atoms with E-state index in [1.807, 2.05) is 18.2 Å². The third kappa shape index (κ3) is 3.40. The summed E-state index contributed by atoms with van der Waals surface area (Å²) in [5.41, 5.74) is 2.39. The maximum absolute atomic E-state index is 3.90. The standard InChI is InChI=1S/C20H18BrN/c1-2-5-20(22-19-12-10-18(21)11-13-19)17-9-8-15-6-3-4-7-16(15)14-17/h2-4,6-14,20,22H,1,5H2. The number of nitrogens with one attached hydrogen (secondary N) is 1. The van der Waals surface area contributed by atoms with Gasteiger partial charge >= 0.3 is 0 Å². The lowest BCUT2D eigenvalue weighted by Gasteiger charge is -2.19. The topological polar surface area (TPSA) is 12.0 Å². The van der Waals surface area contributed by atoms with Crippen LogP contribution in [-0.2, 0) is 0 Å². The molecular formula is C20H18BrN. The van der Waals surface area contributed by atoms with Crippen LogP contribution in [-0.4, -0.2) is 0 Å². The van der Waals surface area contributed by atoms with E-state index in [4.69, 9.17) is 0 Å². The van der Waals surface area contributed by atoms with E-state index in [2.05, 4.69) is 82.4 Å². The van der Waals surface area contributed by atoms with Gasteiger partial charge in [-0.05, 0) is 53.1 Å². The van der Waals surface area contributed by atoms with Crippen LogP contribution in [0.2, 0.25) is 0 Å². The minimum atomic E-state index is 0.225. The molecule has 1 unspecified atom stereocenters. The molecule has 0 saturated carbocycles. The fourth-order valence-corrected chi connectivity index (χ4v) is 2.88. The molecule has 2 heteroatoms. The average Bonchev–Trinajstić information content (AvgIpc) is 2.56. The summed E-state index contributed by atoms with van der Waals surface area (Å²) >= 11 is 3.47. The largest absolute Gasteiger partial charge is 0.378 e. The van der Waals surface area contributed by atoms with Crippen LogP contribution in [0.25, 0.3) is 10.8 Å². The summed E-state index contributed by atoms with van der Waals surface area (Å²) < 4.78 is 1.09. The van der Waals surface area contributed by atoms with Gasteiger partial charge in [-0.15, -0.1) is 6.58 Å². The molecule has 3 aromatic carbocycles. The monoisotopic (exact) mass is 351 g/mol. The molecule has 0 spiro atoms. The lowest BCUT2D eigenvalue weighted by Crippen LogP contribution is -2.09. The molecule has 3 aromatic rings. The Hall–Kier alpha value is -2.06. The van der Waals surface area contributed by atoms with Gasteiger partial charge in [-0.1, -0.05) is 58.4 Å². The molecule has 0 amide bonds. The molecular weight excluding hydrogens is 334 g/mol. The Morgan fingerprint density at radius 1 is 0.955 bits per heavy atom. The van der Waals surface area contributed by atoms with Gasteiger partial charge in [0.05, 0.1) is 6.04 Å². The highest BCUT2D eigenvalue weighted by atomic mass is 79.9. The first-order chi connectivity index (χ1) is 10.8. The zero-order chi connectivity index (χ0) is 15.4. The number of halogens is 1. The van der Waals surface area contributed by atoms with Crippen molar-refractivity contribution in [3.63, 3.8) is 0 Å². The van der Waals surface area contributed by atoms with Crippen LogP contribution < -0.4 is 5.32 Å². The SMILES string of the molecule is C=CCC(Nc1ccc(Br)cc1)c1ccc2ccccc2c1. The minimum Gasteiger partial charge on any atom is -0.378 e. The quantitative estimate of drug-likeness (QED) is 0.529. The third-order valence-electron chi connectivity index (χ3n) is 3.76. The fraction of sp³-hybridized carbons (Fsp3) is 0.100. The van der Waals surface area contributed by atoms with Crippen molar-refractivity contribution in [3.05, 3.63) is 89.4 Å². The van der Waals surface area contributed by atoms with Crippen LogP contribution >= 0.6 is 15.9 Å². The minimum absolute atomic E-state index is 0.225. The molecule has 0 heterocycles. The van der Waals surface area contributed by atoms with E-state index in [1.165, 1.54) is 16.3 Å². The summed E-state index contributed by atoms with van der Waals surface area (Å²) in [6.45, 7) is 3.90. The number of anilines is 1. The van der Waals surface area contributed by atoms with E-state index in [-0.39, 0.29) is 6.04 Å². The Bertz CT molecular complexity index is 777. The Morgan fingerprint density at radius 2 is 1.68 bits per heavy atom. The molecule has 0 aliphatic heterocycles. The highest BCUT2D eigenvalue weighted by molar-refractivity contribution is 9.10. The van der Waals surface area contributed by atoms with Gasteiger partial charge in [0.2, 0.25) is 0 Å². The summed E-state index contributed by atoms with van der Waals surface area (Å²) in [5, 5.41) is 6.14. The average molecular weight is 352 g/mol. The molecule has 0 aliphatic rings. The molecule has 110 valence electrons. The Labute approximate surface area is 139 Å². The van der Waals surface area contributed by atoms with Crippen LogP contribution in [0, 0.1) is 0 Å². The maximum Gasteiger partial charge on any atom is 0.0548 e. The van der Waals surface area contributed by atoms with E-state index in [0.29, 0.717) is 0 Å². The van der Waals surface area contributed by atoms with E-state index in [0.717, 1.165) is 16.6 Å². The second kappa shape index (κ2) is 6.80.